The zero-order chi connectivity index (χ0) is 14.0. The van der Waals surface area contributed by atoms with Crippen LogP contribution in [0.25, 0.3) is 0 Å². The topological polar surface area (TPSA) is 101 Å². The maximum atomic E-state index is 11.9. The lowest BCUT2D eigenvalue weighted by molar-refractivity contribution is -0.385. The lowest BCUT2D eigenvalue weighted by atomic mass is 10.2. The number of amides is 1. The number of aromatic nitrogens is 2. The van der Waals surface area contributed by atoms with Crippen LogP contribution < -0.4 is 5.32 Å². The number of H-pyrrole nitrogens is 1. The number of anilines is 1. The summed E-state index contributed by atoms with van der Waals surface area (Å²) < 4.78 is 0. The van der Waals surface area contributed by atoms with Crippen molar-refractivity contribution in [2.24, 2.45) is 0 Å². The maximum Gasteiger partial charge on any atom is 0.319 e. The summed E-state index contributed by atoms with van der Waals surface area (Å²) in [5.41, 5.74) is 0.586. The van der Waals surface area contributed by atoms with Gasteiger partial charge in [0.15, 0.2) is 0 Å². The number of hydrogen-bond donors (Lipinski definition) is 2. The maximum absolute atomic E-state index is 11.9. The third-order valence-corrected chi connectivity index (χ3v) is 2.97. The lowest BCUT2D eigenvalue weighted by Gasteiger charge is -2.08. The molecular formula is C11H9ClN4O3. The normalized spacial score (nSPS) is 10.2. The molecule has 98 valence electrons. The van der Waals surface area contributed by atoms with E-state index >= 15 is 0 Å². The first-order valence-electron chi connectivity index (χ1n) is 5.25. The van der Waals surface area contributed by atoms with Crippen LogP contribution in [0.15, 0.2) is 24.4 Å². The van der Waals surface area contributed by atoms with E-state index in [0.717, 1.165) is 6.20 Å². The third-order valence-electron chi connectivity index (χ3n) is 2.56. The smallest absolute Gasteiger partial charge is 0.319 e. The van der Waals surface area contributed by atoms with Crippen molar-refractivity contribution in [2.75, 3.05) is 5.32 Å². The highest BCUT2D eigenvalue weighted by Crippen LogP contribution is 2.24. The van der Waals surface area contributed by atoms with Crippen molar-refractivity contribution in [3.05, 3.63) is 50.8 Å². The van der Waals surface area contributed by atoms with Gasteiger partial charge < -0.3 is 5.32 Å². The Bertz CT molecular complexity index is 653. The Morgan fingerprint density at radius 2 is 2.26 bits per heavy atom. The minimum Gasteiger partial charge on any atom is -0.320 e. The van der Waals surface area contributed by atoms with Gasteiger partial charge in [-0.3, -0.25) is 20.0 Å². The number of aromatic amines is 1. The van der Waals surface area contributed by atoms with Crippen molar-refractivity contribution in [3.8, 4) is 0 Å². The van der Waals surface area contributed by atoms with Crippen molar-refractivity contribution >= 4 is 28.9 Å². The van der Waals surface area contributed by atoms with Crippen LogP contribution in [0.1, 0.15) is 16.1 Å². The van der Waals surface area contributed by atoms with E-state index in [0.29, 0.717) is 16.3 Å². The molecule has 0 atom stereocenters. The van der Waals surface area contributed by atoms with Crippen molar-refractivity contribution in [2.45, 2.75) is 6.92 Å². The monoisotopic (exact) mass is 280 g/mol. The molecule has 8 heteroatoms. The summed E-state index contributed by atoms with van der Waals surface area (Å²) in [6.45, 7) is 1.74. The van der Waals surface area contributed by atoms with Gasteiger partial charge in [-0.05, 0) is 24.6 Å². The van der Waals surface area contributed by atoms with Crippen LogP contribution in [0.5, 0.6) is 0 Å². The first-order chi connectivity index (χ1) is 9.00. The predicted molar refractivity (Wildman–Crippen MR) is 69.4 cm³/mol. The van der Waals surface area contributed by atoms with Crippen LogP contribution in [0, 0.1) is 17.0 Å². The van der Waals surface area contributed by atoms with Gasteiger partial charge >= 0.3 is 5.69 Å². The van der Waals surface area contributed by atoms with Crippen LogP contribution in [-0.4, -0.2) is 21.0 Å². The number of nitrogens with one attached hydrogen (secondary N) is 2. The zero-order valence-corrected chi connectivity index (χ0v) is 10.6. The van der Waals surface area contributed by atoms with E-state index in [2.05, 4.69) is 15.5 Å². The molecule has 1 aromatic heterocycles. The fourth-order valence-corrected chi connectivity index (χ4v) is 1.69. The first kappa shape index (κ1) is 13.0. The molecule has 2 aromatic rings. The van der Waals surface area contributed by atoms with E-state index in [-0.39, 0.29) is 11.4 Å². The number of hydrogen-bond acceptors (Lipinski definition) is 4. The molecular weight excluding hydrogens is 272 g/mol. The summed E-state index contributed by atoms with van der Waals surface area (Å²) in [5, 5.41) is 19.5. The second kappa shape index (κ2) is 5.07. The second-order valence-electron chi connectivity index (χ2n) is 3.75. The lowest BCUT2D eigenvalue weighted by Crippen LogP contribution is -2.15. The Morgan fingerprint density at radius 1 is 1.53 bits per heavy atom. The first-order valence-corrected chi connectivity index (χ1v) is 5.62. The molecule has 2 N–H and O–H groups in total. The van der Waals surface area contributed by atoms with E-state index in [1.807, 2.05) is 0 Å². The van der Waals surface area contributed by atoms with E-state index in [1.165, 1.54) is 0 Å². The summed E-state index contributed by atoms with van der Waals surface area (Å²) in [7, 11) is 0. The Morgan fingerprint density at radius 3 is 2.95 bits per heavy atom. The van der Waals surface area contributed by atoms with Gasteiger partial charge in [-0.2, -0.15) is 5.10 Å². The van der Waals surface area contributed by atoms with Gasteiger partial charge in [0.05, 0.1) is 4.92 Å². The molecule has 0 unspecified atom stereocenters. The highest BCUT2D eigenvalue weighted by molar-refractivity contribution is 6.31. The molecule has 0 spiro atoms. The van der Waals surface area contributed by atoms with Gasteiger partial charge in [-0.25, -0.2) is 0 Å². The molecule has 0 bridgehead atoms. The summed E-state index contributed by atoms with van der Waals surface area (Å²) in [6, 6.07) is 5.01. The van der Waals surface area contributed by atoms with Gasteiger partial charge in [0.2, 0.25) is 5.69 Å². The van der Waals surface area contributed by atoms with E-state index in [4.69, 9.17) is 11.6 Å². The van der Waals surface area contributed by atoms with E-state index in [9.17, 15) is 14.9 Å². The van der Waals surface area contributed by atoms with Gasteiger partial charge in [0, 0.05) is 10.7 Å². The predicted octanol–water partition coefficient (Wildman–Crippen LogP) is 2.53. The molecule has 7 nitrogen and oxygen atoms in total. The van der Waals surface area contributed by atoms with Crippen LogP contribution >= 0.6 is 11.6 Å². The van der Waals surface area contributed by atoms with Crippen LogP contribution in [0.3, 0.4) is 0 Å². The zero-order valence-electron chi connectivity index (χ0n) is 9.81. The number of carbonyl (C=O) groups is 1. The summed E-state index contributed by atoms with van der Waals surface area (Å²) in [5.74, 6) is -0.644. The standard InChI is InChI=1S/C11H9ClN4O3/c1-6-7(12)3-2-4-8(6)14-11(17)10-9(16(18)19)5-13-15-10/h2-5H,1H3,(H,13,15)(H,14,17). The summed E-state index contributed by atoms with van der Waals surface area (Å²) >= 11 is 5.92. The number of carbonyl (C=O) groups excluding carboxylic acids is 1. The van der Waals surface area contributed by atoms with Crippen molar-refractivity contribution in [1.29, 1.82) is 0 Å². The molecule has 0 aliphatic heterocycles. The molecule has 1 amide bonds. The molecule has 0 fully saturated rings. The SMILES string of the molecule is Cc1c(Cl)cccc1NC(=O)c1[nH]ncc1[N+](=O)[O-]. The van der Waals surface area contributed by atoms with Crippen LogP contribution in [-0.2, 0) is 0 Å². The number of halogens is 1. The van der Waals surface area contributed by atoms with Gasteiger partial charge in [0.25, 0.3) is 5.91 Å². The Hall–Kier alpha value is -2.41. The third kappa shape index (κ3) is 2.55. The summed E-state index contributed by atoms with van der Waals surface area (Å²) in [6.07, 6.45) is 0.986. The van der Waals surface area contributed by atoms with Crippen molar-refractivity contribution in [1.82, 2.24) is 10.2 Å². The van der Waals surface area contributed by atoms with Crippen molar-refractivity contribution < 1.29 is 9.72 Å². The fourth-order valence-electron chi connectivity index (χ4n) is 1.51. The Labute approximate surface area is 112 Å². The molecule has 0 radical (unpaired) electrons. The molecule has 19 heavy (non-hydrogen) atoms. The minimum atomic E-state index is -0.677. The van der Waals surface area contributed by atoms with Gasteiger partial charge in [-0.15, -0.1) is 0 Å². The van der Waals surface area contributed by atoms with Gasteiger partial charge in [0.1, 0.15) is 6.20 Å². The highest BCUT2D eigenvalue weighted by Gasteiger charge is 2.23. The summed E-state index contributed by atoms with van der Waals surface area (Å²) in [4.78, 5) is 22.0. The van der Waals surface area contributed by atoms with E-state index < -0.39 is 10.8 Å². The molecule has 0 aliphatic carbocycles. The molecule has 0 saturated heterocycles. The number of benzene rings is 1. The van der Waals surface area contributed by atoms with Crippen LogP contribution in [0.4, 0.5) is 11.4 Å². The number of nitrogens with zero attached hydrogens (tertiary/aromatic N) is 2. The number of nitro groups is 1. The van der Waals surface area contributed by atoms with Gasteiger partial charge in [-0.1, -0.05) is 17.7 Å². The average Bonchev–Trinajstić information content (AvgIpc) is 2.84. The average molecular weight is 281 g/mol. The number of rotatable bonds is 3. The fraction of sp³-hybridized carbons (Fsp3) is 0.0909. The van der Waals surface area contributed by atoms with Crippen molar-refractivity contribution in [3.63, 3.8) is 0 Å². The quantitative estimate of drug-likeness (QED) is 0.666. The molecule has 0 aliphatic rings. The molecule has 2 rings (SSSR count). The Kier molecular flexibility index (Phi) is 3.48. The van der Waals surface area contributed by atoms with E-state index in [1.54, 1.807) is 25.1 Å². The molecule has 0 saturated carbocycles. The largest absolute Gasteiger partial charge is 0.320 e. The Balaban J connectivity index is 2.29. The molecule has 1 aromatic carbocycles. The van der Waals surface area contributed by atoms with Crippen LogP contribution in [0.2, 0.25) is 5.02 Å². The second-order valence-corrected chi connectivity index (χ2v) is 4.16. The molecule has 1 heterocycles. The highest BCUT2D eigenvalue weighted by atomic mass is 35.5. The minimum absolute atomic E-state index is 0.204.